The Morgan fingerprint density at radius 2 is 1.94 bits per heavy atom. The van der Waals surface area contributed by atoms with Crippen LogP contribution in [-0.2, 0) is 22.1 Å². The van der Waals surface area contributed by atoms with Gasteiger partial charge in [0, 0.05) is 31.9 Å². The lowest BCUT2D eigenvalue weighted by molar-refractivity contribution is 0.0833. The normalized spacial score (nSPS) is 17.9. The van der Waals surface area contributed by atoms with Crippen molar-refractivity contribution in [2.75, 3.05) is 32.5 Å². The molecule has 0 amide bonds. The second-order valence-electron chi connectivity index (χ2n) is 9.44. The van der Waals surface area contributed by atoms with Gasteiger partial charge in [-0.05, 0) is 56.3 Å². The van der Waals surface area contributed by atoms with Crippen molar-refractivity contribution in [3.8, 4) is 5.75 Å². The average molecular weight is 495 g/mol. The van der Waals surface area contributed by atoms with Crippen molar-refractivity contribution in [2.24, 2.45) is 5.92 Å². The molecule has 2 N–H and O–H groups in total. The third kappa shape index (κ3) is 6.13. The van der Waals surface area contributed by atoms with Crippen molar-refractivity contribution in [3.63, 3.8) is 0 Å². The van der Waals surface area contributed by atoms with Crippen LogP contribution in [0.25, 0.3) is 0 Å². The van der Waals surface area contributed by atoms with Gasteiger partial charge in [0.25, 0.3) is 5.56 Å². The van der Waals surface area contributed by atoms with Gasteiger partial charge in [-0.1, -0.05) is 12.5 Å². The van der Waals surface area contributed by atoms with Gasteiger partial charge in [0.2, 0.25) is 10.0 Å². The van der Waals surface area contributed by atoms with Crippen LogP contribution in [0.2, 0.25) is 0 Å². The molecule has 1 saturated heterocycles. The molecule has 1 aromatic heterocycles. The number of nitrogens with zero attached hydrogens (tertiary/aromatic N) is 2. The third-order valence-electron chi connectivity index (χ3n) is 6.29. The van der Waals surface area contributed by atoms with Crippen LogP contribution in [0.1, 0.15) is 37.7 Å². The Bertz CT molecular complexity index is 1230. The van der Waals surface area contributed by atoms with Gasteiger partial charge in [0.1, 0.15) is 0 Å². The van der Waals surface area contributed by atoms with Gasteiger partial charge in [-0.25, -0.2) is 22.3 Å². The number of likely N-dealkylation sites (tertiary alicyclic amines) is 1. The lowest BCUT2D eigenvalue weighted by atomic mass is 9.84. The summed E-state index contributed by atoms with van der Waals surface area (Å²) in [7, 11) is -1.69. The fourth-order valence-electron chi connectivity index (χ4n) is 4.31. The molecule has 2 aromatic rings. The van der Waals surface area contributed by atoms with Crippen LogP contribution in [0.5, 0.6) is 5.75 Å². The molecule has 9 nitrogen and oxygen atoms in total. The summed E-state index contributed by atoms with van der Waals surface area (Å²) in [5.41, 5.74) is -1.05. The number of hydrogen-bond acceptors (Lipinski definition) is 6. The van der Waals surface area contributed by atoms with E-state index in [-0.39, 0.29) is 11.5 Å². The second-order valence-corrected chi connectivity index (χ2v) is 11.3. The smallest absolute Gasteiger partial charge is 0.328 e. The molecule has 0 unspecified atom stereocenters. The van der Waals surface area contributed by atoms with E-state index in [1.807, 2.05) is 11.9 Å². The first-order chi connectivity index (χ1) is 16.2. The van der Waals surface area contributed by atoms with Gasteiger partial charge in [-0.2, -0.15) is 0 Å². The molecule has 4 rings (SSSR count). The monoisotopic (exact) mass is 494 g/mol. The van der Waals surface area contributed by atoms with Crippen molar-refractivity contribution in [1.82, 2.24) is 19.2 Å². The fourth-order valence-corrected chi connectivity index (χ4v) is 5.83. The van der Waals surface area contributed by atoms with Gasteiger partial charge < -0.3 is 14.2 Å². The molecule has 1 aromatic carbocycles. The molecule has 0 bridgehead atoms. The Hall–Kier alpha value is -2.50. The molecule has 1 saturated carbocycles. The van der Waals surface area contributed by atoms with E-state index in [1.54, 1.807) is 12.1 Å². The summed E-state index contributed by atoms with van der Waals surface area (Å²) in [5.74, 6) is 0.144. The molecule has 1 aliphatic heterocycles. The third-order valence-corrected chi connectivity index (χ3v) is 7.82. The number of aryl methyl sites for hydroxylation is 1. The molecule has 186 valence electrons. The zero-order chi connectivity index (χ0) is 24.3. The first-order valence-corrected chi connectivity index (χ1v) is 13.2. The van der Waals surface area contributed by atoms with Gasteiger partial charge >= 0.3 is 5.69 Å². The van der Waals surface area contributed by atoms with E-state index < -0.39 is 32.6 Å². The molecule has 2 aliphatic rings. The Kier molecular flexibility index (Phi) is 7.25. The molecule has 1 aliphatic carbocycles. The summed E-state index contributed by atoms with van der Waals surface area (Å²) in [4.78, 5) is 27.0. The number of hydrogen-bond donors (Lipinski definition) is 2. The number of aromatic nitrogens is 2. The van der Waals surface area contributed by atoms with E-state index >= 15 is 0 Å². The van der Waals surface area contributed by atoms with Crippen molar-refractivity contribution >= 4 is 10.0 Å². The predicted molar refractivity (Wildman–Crippen MR) is 126 cm³/mol. The lowest BCUT2D eigenvalue weighted by Gasteiger charge is -2.49. The Morgan fingerprint density at radius 1 is 1.18 bits per heavy atom. The number of nitrogens with one attached hydrogen (secondary N) is 2. The molecule has 0 spiro atoms. The maximum Gasteiger partial charge on any atom is 0.328 e. The maximum atomic E-state index is 14.3. The van der Waals surface area contributed by atoms with E-state index in [2.05, 4.69) is 9.71 Å². The topological polar surface area (TPSA) is 113 Å². The Balaban J connectivity index is 1.34. The summed E-state index contributed by atoms with van der Waals surface area (Å²) in [6.45, 7) is 1.84. The van der Waals surface area contributed by atoms with E-state index in [1.165, 1.54) is 22.9 Å². The number of aromatic amines is 1. The number of rotatable bonds is 12. The molecular formula is C23H31FN4O5S. The van der Waals surface area contributed by atoms with Crippen molar-refractivity contribution in [1.29, 1.82) is 0 Å². The maximum absolute atomic E-state index is 14.3. The van der Waals surface area contributed by atoms with E-state index in [9.17, 15) is 22.4 Å². The minimum Gasteiger partial charge on any atom is -0.490 e. The molecule has 2 fully saturated rings. The summed E-state index contributed by atoms with van der Waals surface area (Å²) in [5, 5.41) is 0. The fraction of sp³-hybridized carbons (Fsp3) is 0.565. The first kappa shape index (κ1) is 24.6. The van der Waals surface area contributed by atoms with Crippen LogP contribution < -0.4 is 20.7 Å². The number of sulfonamides is 1. The first-order valence-electron chi connectivity index (χ1n) is 11.6. The number of ether oxygens (including phenoxy) is 1. The van der Waals surface area contributed by atoms with E-state index in [0.717, 1.165) is 12.8 Å². The van der Waals surface area contributed by atoms with Crippen LogP contribution in [0.3, 0.4) is 0 Å². The highest BCUT2D eigenvalue weighted by Crippen LogP contribution is 2.36. The zero-order valence-corrected chi connectivity index (χ0v) is 20.1. The lowest BCUT2D eigenvalue weighted by Crippen LogP contribution is -2.66. The Morgan fingerprint density at radius 3 is 2.62 bits per heavy atom. The highest BCUT2D eigenvalue weighted by Gasteiger charge is 2.45. The number of unbranched alkanes of at least 4 members (excludes halogenated alkanes) is 2. The van der Waals surface area contributed by atoms with E-state index in [4.69, 9.17) is 4.74 Å². The molecule has 2 heterocycles. The summed E-state index contributed by atoms with van der Waals surface area (Å²) in [6, 6.07) is 5.86. The summed E-state index contributed by atoms with van der Waals surface area (Å²) < 4.78 is 49.9. The summed E-state index contributed by atoms with van der Waals surface area (Å²) >= 11 is 0. The minimum atomic E-state index is -3.60. The highest BCUT2D eigenvalue weighted by atomic mass is 32.2. The number of benzene rings is 1. The zero-order valence-electron chi connectivity index (χ0n) is 19.3. The van der Waals surface area contributed by atoms with Gasteiger partial charge in [-0.15, -0.1) is 0 Å². The van der Waals surface area contributed by atoms with Crippen LogP contribution in [0.4, 0.5) is 4.39 Å². The molecule has 11 heteroatoms. The second kappa shape index (κ2) is 10.0. The quantitative estimate of drug-likeness (QED) is 0.431. The van der Waals surface area contributed by atoms with Gasteiger partial charge in [0.15, 0.2) is 11.6 Å². The van der Waals surface area contributed by atoms with Crippen molar-refractivity contribution in [2.45, 2.75) is 44.2 Å². The molecule has 34 heavy (non-hydrogen) atoms. The van der Waals surface area contributed by atoms with Crippen LogP contribution in [-0.4, -0.2) is 55.4 Å². The molecular weight excluding hydrogens is 463 g/mol. The van der Waals surface area contributed by atoms with Crippen molar-refractivity contribution in [3.05, 3.63) is 62.7 Å². The largest absolute Gasteiger partial charge is 0.490 e. The van der Waals surface area contributed by atoms with Crippen LogP contribution in [0, 0.1) is 11.7 Å². The van der Waals surface area contributed by atoms with Crippen molar-refractivity contribution < 1.29 is 17.5 Å². The number of H-pyrrole nitrogens is 1. The van der Waals surface area contributed by atoms with Gasteiger partial charge in [0.05, 0.1) is 17.9 Å². The molecule has 0 radical (unpaired) electrons. The number of halogens is 1. The minimum absolute atomic E-state index is 0.0504. The molecule has 0 atom stereocenters. The van der Waals surface area contributed by atoms with E-state index in [0.29, 0.717) is 57.0 Å². The SMILES string of the molecule is CN1CC(NS(=O)(=O)CCCCCn2ccc(=O)[nH]c2=O)(c2ccc(F)c(OCC3CC3)c2)C1. The average Bonchev–Trinajstić information content (AvgIpc) is 3.57. The summed E-state index contributed by atoms with van der Waals surface area (Å²) in [6.07, 6.45) is 5.26. The van der Waals surface area contributed by atoms with Gasteiger partial charge in [-0.3, -0.25) is 9.78 Å². The van der Waals surface area contributed by atoms with Crippen LogP contribution >= 0.6 is 0 Å². The standard InChI is InChI=1S/C23H31FN4O5S/c1-27-15-23(16-27,18-7-8-19(24)20(13-18)33-14-17-5-6-17)26-34(31,32)12-4-2-3-10-28-11-9-21(29)25-22(28)30/h7-9,11,13,17,26H,2-6,10,12,14-16H2,1H3,(H,25,29,30). The predicted octanol–water partition coefficient (Wildman–Crippen LogP) is 1.40. The van der Waals surface area contributed by atoms with Crippen LogP contribution in [0.15, 0.2) is 40.1 Å². The number of likely N-dealkylation sites (N-methyl/N-ethyl adjacent to an activating group) is 1. The highest BCUT2D eigenvalue weighted by molar-refractivity contribution is 7.89. The Labute approximate surface area is 198 Å².